The topological polar surface area (TPSA) is 108 Å². The van der Waals surface area contributed by atoms with Crippen LogP contribution in [-0.2, 0) is 10.0 Å². The van der Waals surface area contributed by atoms with E-state index < -0.39 is 15.9 Å². The summed E-state index contributed by atoms with van der Waals surface area (Å²) in [5.41, 5.74) is 0.314. The summed E-state index contributed by atoms with van der Waals surface area (Å²) in [7, 11) is -3.95. The van der Waals surface area contributed by atoms with Gasteiger partial charge in [-0.2, -0.15) is 0 Å². The summed E-state index contributed by atoms with van der Waals surface area (Å²) >= 11 is 5.98. The molecule has 3 N–H and O–H groups in total. The minimum absolute atomic E-state index is 0.0232. The van der Waals surface area contributed by atoms with Crippen LogP contribution in [-0.4, -0.2) is 24.4 Å². The average Bonchev–Trinajstić information content (AvgIpc) is 2.65. The van der Waals surface area contributed by atoms with Crippen molar-refractivity contribution in [2.75, 3.05) is 10.0 Å². The highest BCUT2D eigenvalue weighted by molar-refractivity contribution is 7.92. The fourth-order valence-electron chi connectivity index (χ4n) is 2.22. The Morgan fingerprint density at radius 3 is 2.56 bits per heavy atom. The van der Waals surface area contributed by atoms with Gasteiger partial charge in [0.25, 0.3) is 15.9 Å². The number of hydrogen-bond donors (Lipinski definition) is 3. The van der Waals surface area contributed by atoms with Crippen LogP contribution >= 0.6 is 11.6 Å². The predicted octanol–water partition coefficient (Wildman–Crippen LogP) is 3.49. The normalized spacial score (nSPS) is 11.0. The average molecular weight is 404 g/mol. The van der Waals surface area contributed by atoms with E-state index in [1.165, 1.54) is 48.7 Å². The van der Waals surface area contributed by atoms with Gasteiger partial charge in [0.1, 0.15) is 0 Å². The highest BCUT2D eigenvalue weighted by Crippen LogP contribution is 2.25. The molecule has 1 heterocycles. The lowest BCUT2D eigenvalue weighted by atomic mass is 10.2. The van der Waals surface area contributed by atoms with Crippen LogP contribution in [0.3, 0.4) is 0 Å². The van der Waals surface area contributed by atoms with Crippen molar-refractivity contribution in [3.63, 3.8) is 0 Å². The number of halogens is 1. The van der Waals surface area contributed by atoms with Gasteiger partial charge in [0.05, 0.1) is 15.6 Å². The predicted molar refractivity (Wildman–Crippen MR) is 103 cm³/mol. The molecule has 0 saturated carbocycles. The maximum absolute atomic E-state index is 12.6. The molecule has 9 heteroatoms. The third kappa shape index (κ3) is 4.36. The van der Waals surface area contributed by atoms with Gasteiger partial charge in [0, 0.05) is 11.8 Å². The van der Waals surface area contributed by atoms with Gasteiger partial charge in [0.15, 0.2) is 11.6 Å². The second-order valence-corrected chi connectivity index (χ2v) is 7.53. The number of aromatic hydroxyl groups is 1. The van der Waals surface area contributed by atoms with E-state index in [0.29, 0.717) is 0 Å². The smallest absolute Gasteiger partial charge is 0.261 e. The van der Waals surface area contributed by atoms with Crippen molar-refractivity contribution >= 4 is 39.0 Å². The molecule has 3 rings (SSSR count). The van der Waals surface area contributed by atoms with Crippen LogP contribution in [0.15, 0.2) is 71.8 Å². The molecule has 0 aliphatic rings. The Bertz CT molecular complexity index is 1100. The maximum atomic E-state index is 12.6. The minimum atomic E-state index is -3.95. The number of benzene rings is 2. The molecule has 0 fully saturated rings. The molecule has 2 aromatic carbocycles. The maximum Gasteiger partial charge on any atom is 0.261 e. The van der Waals surface area contributed by atoms with E-state index >= 15 is 0 Å². The number of rotatable bonds is 5. The van der Waals surface area contributed by atoms with Gasteiger partial charge in [-0.1, -0.05) is 29.8 Å². The van der Waals surface area contributed by atoms with Crippen molar-refractivity contribution in [3.05, 3.63) is 77.4 Å². The lowest BCUT2D eigenvalue weighted by Crippen LogP contribution is -2.16. The zero-order chi connectivity index (χ0) is 19.4. The molecule has 3 aromatic rings. The van der Waals surface area contributed by atoms with Gasteiger partial charge in [-0.3, -0.25) is 9.52 Å². The second-order valence-electron chi connectivity index (χ2n) is 5.44. The van der Waals surface area contributed by atoms with Crippen LogP contribution in [0.2, 0.25) is 5.02 Å². The highest BCUT2D eigenvalue weighted by Gasteiger charge is 2.18. The largest absolute Gasteiger partial charge is 0.504 e. The van der Waals surface area contributed by atoms with Crippen molar-refractivity contribution in [3.8, 4) is 5.75 Å². The van der Waals surface area contributed by atoms with Crippen LogP contribution in [0.25, 0.3) is 0 Å². The Morgan fingerprint density at radius 2 is 1.81 bits per heavy atom. The first-order valence-electron chi connectivity index (χ1n) is 7.69. The number of amides is 1. The number of nitrogens with one attached hydrogen (secondary N) is 2. The van der Waals surface area contributed by atoms with E-state index in [-0.39, 0.29) is 32.7 Å². The third-order valence-electron chi connectivity index (χ3n) is 3.54. The molecule has 0 radical (unpaired) electrons. The molecule has 0 atom stereocenters. The first-order valence-corrected chi connectivity index (χ1v) is 9.56. The number of sulfonamides is 1. The SMILES string of the molecule is O=C(Nc1ncccc1O)c1cccc(S(=O)(=O)Nc2ccccc2Cl)c1. The molecule has 0 saturated heterocycles. The molecule has 27 heavy (non-hydrogen) atoms. The first-order chi connectivity index (χ1) is 12.9. The number of aromatic nitrogens is 1. The number of anilines is 2. The van der Waals surface area contributed by atoms with Crippen molar-refractivity contribution < 1.29 is 18.3 Å². The summed E-state index contributed by atoms with van der Waals surface area (Å²) in [6.07, 6.45) is 1.41. The van der Waals surface area contributed by atoms with E-state index in [9.17, 15) is 18.3 Å². The van der Waals surface area contributed by atoms with Gasteiger partial charge in [-0.15, -0.1) is 0 Å². The molecular formula is C18H14ClN3O4S. The molecule has 0 aliphatic heterocycles. The standard InChI is InChI=1S/C18H14ClN3O4S/c19-14-7-1-2-8-15(14)22-27(25,26)13-6-3-5-12(11-13)18(24)21-17-16(23)9-4-10-20-17/h1-11,22-23H,(H,20,21,24). The summed E-state index contributed by atoms with van der Waals surface area (Å²) in [6.45, 7) is 0. The summed E-state index contributed by atoms with van der Waals surface area (Å²) < 4.78 is 27.6. The third-order valence-corrected chi connectivity index (χ3v) is 5.24. The van der Waals surface area contributed by atoms with E-state index in [0.717, 1.165) is 0 Å². The molecule has 0 unspecified atom stereocenters. The fraction of sp³-hybridized carbons (Fsp3) is 0. The molecule has 0 spiro atoms. The van der Waals surface area contributed by atoms with E-state index in [1.807, 2.05) is 0 Å². The number of nitrogens with zero attached hydrogens (tertiary/aromatic N) is 1. The van der Waals surface area contributed by atoms with Gasteiger partial charge < -0.3 is 10.4 Å². The van der Waals surface area contributed by atoms with E-state index in [1.54, 1.807) is 18.2 Å². The fourth-order valence-corrected chi connectivity index (χ4v) is 3.59. The van der Waals surface area contributed by atoms with E-state index in [2.05, 4.69) is 15.0 Å². The summed E-state index contributed by atoms with van der Waals surface area (Å²) in [4.78, 5) is 16.1. The van der Waals surface area contributed by atoms with E-state index in [4.69, 9.17) is 11.6 Å². The highest BCUT2D eigenvalue weighted by atomic mass is 35.5. The zero-order valence-corrected chi connectivity index (χ0v) is 15.3. The lowest BCUT2D eigenvalue weighted by molar-refractivity contribution is 0.102. The number of carbonyl (C=O) groups excluding carboxylic acids is 1. The van der Waals surface area contributed by atoms with Crippen LogP contribution < -0.4 is 10.0 Å². The van der Waals surface area contributed by atoms with Crippen molar-refractivity contribution in [2.45, 2.75) is 4.90 Å². The van der Waals surface area contributed by atoms with Crippen molar-refractivity contribution in [2.24, 2.45) is 0 Å². The van der Waals surface area contributed by atoms with Gasteiger partial charge >= 0.3 is 0 Å². The molecule has 138 valence electrons. The van der Waals surface area contributed by atoms with Gasteiger partial charge in [-0.25, -0.2) is 13.4 Å². The summed E-state index contributed by atoms with van der Waals surface area (Å²) in [6, 6.07) is 14.8. The number of para-hydroxylation sites is 1. The summed E-state index contributed by atoms with van der Waals surface area (Å²) in [5.74, 6) is -0.834. The van der Waals surface area contributed by atoms with Gasteiger partial charge in [-0.05, 0) is 42.5 Å². The van der Waals surface area contributed by atoms with Crippen LogP contribution in [0.4, 0.5) is 11.5 Å². The first kappa shape index (κ1) is 18.7. The Balaban J connectivity index is 1.85. The zero-order valence-electron chi connectivity index (χ0n) is 13.8. The Labute approximate surface area is 160 Å². The molecular weight excluding hydrogens is 390 g/mol. The molecule has 1 amide bonds. The lowest BCUT2D eigenvalue weighted by Gasteiger charge is -2.11. The summed E-state index contributed by atoms with van der Waals surface area (Å²) in [5, 5.41) is 12.4. The second kappa shape index (κ2) is 7.65. The molecule has 1 aromatic heterocycles. The Morgan fingerprint density at radius 1 is 1.04 bits per heavy atom. The Kier molecular flexibility index (Phi) is 5.29. The van der Waals surface area contributed by atoms with Crippen molar-refractivity contribution in [1.29, 1.82) is 0 Å². The van der Waals surface area contributed by atoms with Gasteiger partial charge in [0.2, 0.25) is 0 Å². The monoisotopic (exact) mass is 403 g/mol. The molecule has 7 nitrogen and oxygen atoms in total. The van der Waals surface area contributed by atoms with Crippen LogP contribution in [0.5, 0.6) is 5.75 Å². The van der Waals surface area contributed by atoms with Crippen LogP contribution in [0.1, 0.15) is 10.4 Å². The minimum Gasteiger partial charge on any atom is -0.504 e. The molecule has 0 bridgehead atoms. The number of carbonyl (C=O) groups is 1. The number of hydrogen-bond acceptors (Lipinski definition) is 5. The number of pyridine rings is 1. The van der Waals surface area contributed by atoms with Crippen molar-refractivity contribution in [1.82, 2.24) is 4.98 Å². The Hall–Kier alpha value is -3.10. The quantitative estimate of drug-likeness (QED) is 0.604. The van der Waals surface area contributed by atoms with Crippen LogP contribution in [0, 0.1) is 0 Å². The molecule has 0 aliphatic carbocycles.